The minimum absolute atomic E-state index is 1.06. The zero-order valence-electron chi connectivity index (χ0n) is 3.85. The summed E-state index contributed by atoms with van der Waals surface area (Å²) in [5.41, 5.74) is 0. The molecule has 0 amide bonds. The normalized spacial score (nSPS) is 52.0. The van der Waals surface area contributed by atoms with Crippen LogP contribution in [0.3, 0.4) is 0 Å². The van der Waals surface area contributed by atoms with Crippen LogP contribution in [0.15, 0.2) is 0 Å². The number of quaternary nitrogens is 1. The van der Waals surface area contributed by atoms with Gasteiger partial charge in [0.2, 0.25) is 0 Å². The van der Waals surface area contributed by atoms with Gasteiger partial charge in [0.15, 0.2) is 0 Å². The Balaban J connectivity index is 2.16. The van der Waals surface area contributed by atoms with E-state index >= 15 is 0 Å². The van der Waals surface area contributed by atoms with E-state index in [4.69, 9.17) is 0 Å². The smallest absolute Gasteiger partial charge is 0.0869 e. The second-order valence-corrected chi connectivity index (χ2v) is 2.57. The lowest BCUT2D eigenvalue weighted by Crippen LogP contribution is -2.84. The fourth-order valence-corrected chi connectivity index (χ4v) is 1.56. The molecule has 2 aliphatic heterocycles. The molecule has 34 valence electrons. The van der Waals surface area contributed by atoms with E-state index in [1.54, 1.807) is 0 Å². The molecule has 2 heterocycles. The van der Waals surface area contributed by atoms with Crippen LogP contribution in [0.2, 0.25) is 0 Å². The number of nitrogens with two attached hydrogens (primary N) is 1. The molecule has 3 rings (SSSR count). The molecule has 0 aromatic rings. The van der Waals surface area contributed by atoms with Crippen molar-refractivity contribution >= 4 is 0 Å². The molecular formula is C5H10N+. The van der Waals surface area contributed by atoms with Crippen LogP contribution in [0, 0.1) is 5.92 Å². The second-order valence-electron chi connectivity index (χ2n) is 2.57. The van der Waals surface area contributed by atoms with Gasteiger partial charge in [0.1, 0.15) is 0 Å². The Morgan fingerprint density at radius 1 is 1.33 bits per heavy atom. The van der Waals surface area contributed by atoms with Gasteiger partial charge in [0.25, 0.3) is 0 Å². The summed E-state index contributed by atoms with van der Waals surface area (Å²) in [6.07, 6.45) is 3.06. The molecule has 0 aromatic heterocycles. The van der Waals surface area contributed by atoms with Crippen LogP contribution in [0.1, 0.15) is 12.8 Å². The first-order valence-corrected chi connectivity index (χ1v) is 2.78. The Kier molecular flexibility index (Phi) is 0.396. The summed E-state index contributed by atoms with van der Waals surface area (Å²) >= 11 is 0. The molecule has 0 atom stereocenters. The Morgan fingerprint density at radius 2 is 2.17 bits per heavy atom. The number of hydrogen-bond acceptors (Lipinski definition) is 0. The largest absolute Gasteiger partial charge is 0.344 e. The molecule has 6 heavy (non-hydrogen) atoms. The van der Waals surface area contributed by atoms with Crippen molar-refractivity contribution in [2.75, 3.05) is 6.54 Å². The van der Waals surface area contributed by atoms with Crippen LogP contribution in [-0.2, 0) is 0 Å². The van der Waals surface area contributed by atoms with E-state index in [2.05, 4.69) is 5.32 Å². The molecule has 0 spiro atoms. The lowest BCUT2D eigenvalue weighted by atomic mass is 9.87. The molecule has 2 N–H and O–H groups in total. The topological polar surface area (TPSA) is 16.6 Å². The zero-order chi connectivity index (χ0) is 3.98. The first-order chi connectivity index (χ1) is 2.95. The standard InChI is InChI=1S/C5H9N/c1-4-2-5(1)6-3-4/h4-6H,1-3H2/p+1. The van der Waals surface area contributed by atoms with Gasteiger partial charge in [-0.25, -0.2) is 0 Å². The summed E-state index contributed by atoms with van der Waals surface area (Å²) in [7, 11) is 0. The molecule has 0 radical (unpaired) electrons. The van der Waals surface area contributed by atoms with E-state index in [-0.39, 0.29) is 0 Å². The van der Waals surface area contributed by atoms with Gasteiger partial charge < -0.3 is 5.32 Å². The maximum absolute atomic E-state index is 2.48. The number of rotatable bonds is 0. The second kappa shape index (κ2) is 0.784. The molecule has 1 heteroatoms. The van der Waals surface area contributed by atoms with Crippen LogP contribution in [-0.4, -0.2) is 12.6 Å². The van der Waals surface area contributed by atoms with Crippen LogP contribution in [0.5, 0.6) is 0 Å². The number of hydrogen-bond donors (Lipinski definition) is 1. The van der Waals surface area contributed by atoms with E-state index in [0.717, 1.165) is 12.0 Å². The van der Waals surface area contributed by atoms with Crippen molar-refractivity contribution in [3.8, 4) is 0 Å². The van der Waals surface area contributed by atoms with E-state index in [1.165, 1.54) is 19.4 Å². The summed E-state index contributed by atoms with van der Waals surface area (Å²) in [5, 5.41) is 2.48. The first-order valence-electron chi connectivity index (χ1n) is 2.78. The molecule has 3 fully saturated rings. The molecule has 1 saturated carbocycles. The zero-order valence-corrected chi connectivity index (χ0v) is 3.85. The first kappa shape index (κ1) is 3.03. The molecular weight excluding hydrogens is 74.1 g/mol. The summed E-state index contributed by atoms with van der Waals surface area (Å²) in [4.78, 5) is 0. The van der Waals surface area contributed by atoms with Crippen LogP contribution >= 0.6 is 0 Å². The Bertz CT molecular complexity index is 50.8. The fraction of sp³-hybridized carbons (Fsp3) is 1.00. The van der Waals surface area contributed by atoms with Gasteiger partial charge in [-0.2, -0.15) is 0 Å². The minimum atomic E-state index is 1.06. The van der Waals surface area contributed by atoms with Crippen molar-refractivity contribution in [3.05, 3.63) is 0 Å². The molecule has 3 aliphatic rings. The van der Waals surface area contributed by atoms with Gasteiger partial charge >= 0.3 is 0 Å². The Morgan fingerprint density at radius 3 is 2.33 bits per heavy atom. The lowest BCUT2D eigenvalue weighted by molar-refractivity contribution is -0.658. The highest BCUT2D eigenvalue weighted by atomic mass is 15.0. The van der Waals surface area contributed by atoms with Gasteiger partial charge in [-0.1, -0.05) is 0 Å². The van der Waals surface area contributed by atoms with Crippen molar-refractivity contribution < 1.29 is 5.32 Å². The SMILES string of the molecule is C1[NH2+]C2CC1C2. The van der Waals surface area contributed by atoms with Crippen LogP contribution < -0.4 is 5.32 Å². The Hall–Kier alpha value is -0.0400. The molecule has 1 aliphatic carbocycles. The predicted octanol–water partition coefficient (Wildman–Crippen LogP) is -0.658. The van der Waals surface area contributed by atoms with Gasteiger partial charge in [-0.15, -0.1) is 0 Å². The predicted molar refractivity (Wildman–Crippen MR) is 23.3 cm³/mol. The van der Waals surface area contributed by atoms with Crippen molar-refractivity contribution in [3.63, 3.8) is 0 Å². The van der Waals surface area contributed by atoms with E-state index < -0.39 is 0 Å². The summed E-state index contributed by atoms with van der Waals surface area (Å²) in [6.45, 7) is 1.44. The van der Waals surface area contributed by atoms with Gasteiger partial charge in [-0.05, 0) is 0 Å². The monoisotopic (exact) mass is 84.1 g/mol. The van der Waals surface area contributed by atoms with Crippen molar-refractivity contribution in [1.82, 2.24) is 0 Å². The van der Waals surface area contributed by atoms with Gasteiger partial charge in [0.05, 0.1) is 12.6 Å². The minimum Gasteiger partial charge on any atom is -0.344 e. The summed E-state index contributed by atoms with van der Waals surface area (Å²) < 4.78 is 0. The highest BCUT2D eigenvalue weighted by Crippen LogP contribution is 2.27. The van der Waals surface area contributed by atoms with Gasteiger partial charge in [-0.3, -0.25) is 0 Å². The average molecular weight is 84.1 g/mol. The van der Waals surface area contributed by atoms with Crippen molar-refractivity contribution in [1.29, 1.82) is 0 Å². The van der Waals surface area contributed by atoms with Crippen LogP contribution in [0.25, 0.3) is 0 Å². The Labute approximate surface area is 37.7 Å². The molecule has 2 bridgehead atoms. The number of fused-ring (bicyclic) bond motifs is 1. The van der Waals surface area contributed by atoms with Crippen LogP contribution in [0.4, 0.5) is 0 Å². The molecule has 0 unspecified atom stereocenters. The highest BCUT2D eigenvalue weighted by molar-refractivity contribution is 4.81. The average Bonchev–Trinajstić information content (AvgIpc) is 1.72. The third-order valence-corrected chi connectivity index (χ3v) is 2.07. The van der Waals surface area contributed by atoms with E-state index in [1.807, 2.05) is 0 Å². The third kappa shape index (κ3) is 0.207. The highest BCUT2D eigenvalue weighted by Gasteiger charge is 2.39. The lowest BCUT2D eigenvalue weighted by Gasteiger charge is -2.14. The maximum Gasteiger partial charge on any atom is 0.0869 e. The molecule has 1 nitrogen and oxygen atoms in total. The van der Waals surface area contributed by atoms with Crippen molar-refractivity contribution in [2.45, 2.75) is 18.9 Å². The maximum atomic E-state index is 2.48. The quantitative estimate of drug-likeness (QED) is 0.401. The van der Waals surface area contributed by atoms with E-state index in [9.17, 15) is 0 Å². The summed E-state index contributed by atoms with van der Waals surface area (Å²) in [5.74, 6) is 1.13. The molecule has 2 saturated heterocycles. The van der Waals surface area contributed by atoms with E-state index in [0.29, 0.717) is 0 Å². The van der Waals surface area contributed by atoms with Crippen molar-refractivity contribution in [2.24, 2.45) is 5.92 Å². The van der Waals surface area contributed by atoms with Gasteiger partial charge in [0, 0.05) is 18.8 Å². The summed E-state index contributed by atoms with van der Waals surface area (Å²) in [6, 6.07) is 1.06. The molecule has 0 aromatic carbocycles. The third-order valence-electron chi connectivity index (χ3n) is 2.07. The fourth-order valence-electron chi connectivity index (χ4n) is 1.56.